The van der Waals surface area contributed by atoms with E-state index in [0.29, 0.717) is 5.56 Å². The van der Waals surface area contributed by atoms with Gasteiger partial charge in [-0.15, -0.1) is 0 Å². The Morgan fingerprint density at radius 1 is 1.14 bits per heavy atom. The van der Waals surface area contributed by atoms with E-state index in [4.69, 9.17) is 18.5 Å². The molecule has 43 heavy (non-hydrogen) atoms. The van der Waals surface area contributed by atoms with Crippen LogP contribution in [0.2, 0.25) is 0 Å². The lowest BCUT2D eigenvalue weighted by Crippen LogP contribution is -2.39. The van der Waals surface area contributed by atoms with Gasteiger partial charge >= 0.3 is 19.8 Å². The third-order valence-electron chi connectivity index (χ3n) is 6.86. The van der Waals surface area contributed by atoms with Crippen LogP contribution in [0.1, 0.15) is 39.5 Å². The minimum absolute atomic E-state index is 0.203. The van der Waals surface area contributed by atoms with Crippen LogP contribution in [0, 0.1) is 18.7 Å². The van der Waals surface area contributed by atoms with Crippen LogP contribution in [0.3, 0.4) is 0 Å². The minimum Gasteiger partial charge on any atom is -0.462 e. The molecule has 0 spiro atoms. The zero-order valence-corrected chi connectivity index (χ0v) is 25.3. The molecule has 1 aromatic heterocycles. The van der Waals surface area contributed by atoms with Gasteiger partial charge in [0.15, 0.2) is 5.75 Å². The van der Waals surface area contributed by atoms with Gasteiger partial charge in [0.2, 0.25) is 0 Å². The normalized spacial score (nSPS) is 22.3. The van der Waals surface area contributed by atoms with E-state index in [1.165, 1.54) is 19.2 Å². The van der Waals surface area contributed by atoms with Gasteiger partial charge in [-0.25, -0.2) is 9.18 Å². The number of aromatic amines is 1. The number of rotatable bonds is 11. The molecule has 3 aromatic rings. The van der Waals surface area contributed by atoms with E-state index < -0.39 is 61.8 Å². The maximum absolute atomic E-state index is 13.7. The van der Waals surface area contributed by atoms with Crippen molar-refractivity contribution in [3.63, 3.8) is 0 Å². The second-order valence-electron chi connectivity index (χ2n) is 10.7. The number of aromatic nitrogens is 2. The average Bonchev–Trinajstić information content (AvgIpc) is 3.22. The van der Waals surface area contributed by atoms with Gasteiger partial charge in [-0.3, -0.25) is 23.7 Å². The highest BCUT2D eigenvalue weighted by molar-refractivity contribution is 7.58. The van der Waals surface area contributed by atoms with E-state index in [9.17, 15) is 28.8 Å². The number of nitrogens with one attached hydrogen (secondary N) is 2. The predicted molar refractivity (Wildman–Crippen MR) is 157 cm³/mol. The Balaban J connectivity index is 1.52. The molecule has 4 rings (SSSR count). The first kappa shape index (κ1) is 32.5. The fraction of sp³-hybridized carbons (Fsp3) is 0.414. The molecule has 0 amide bonds. The fourth-order valence-corrected chi connectivity index (χ4v) is 6.08. The first-order valence-corrected chi connectivity index (χ1v) is 15.3. The van der Waals surface area contributed by atoms with Gasteiger partial charge in [0.25, 0.3) is 5.56 Å². The predicted octanol–water partition coefficient (Wildman–Crippen LogP) is 3.24. The van der Waals surface area contributed by atoms with Gasteiger partial charge in [-0.05, 0) is 68.7 Å². The molecule has 1 aliphatic heterocycles. The molecule has 1 unspecified atom stereocenters. The van der Waals surface area contributed by atoms with Crippen LogP contribution in [0.25, 0.3) is 11.1 Å². The van der Waals surface area contributed by atoms with Crippen LogP contribution in [0.15, 0.2) is 64.3 Å². The number of halogens is 1. The van der Waals surface area contributed by atoms with E-state index in [1.54, 1.807) is 64.1 Å². The fourth-order valence-electron chi connectivity index (χ4n) is 4.55. The summed E-state index contributed by atoms with van der Waals surface area (Å²) in [5, 5.41) is 13.5. The third-order valence-corrected chi connectivity index (χ3v) is 8.53. The molecule has 12 nitrogen and oxygen atoms in total. The Morgan fingerprint density at radius 2 is 1.81 bits per heavy atom. The molecule has 4 N–H and O–H groups in total. The van der Waals surface area contributed by atoms with Gasteiger partial charge < -0.3 is 14.6 Å². The maximum atomic E-state index is 13.7. The Kier molecular flexibility index (Phi) is 10.2. The summed E-state index contributed by atoms with van der Waals surface area (Å²) < 4.78 is 37.6. The summed E-state index contributed by atoms with van der Waals surface area (Å²) in [6, 6.07) is 11.5. The average molecular weight is 621 g/mol. The zero-order chi connectivity index (χ0) is 31.5. The highest BCUT2D eigenvalue weighted by Gasteiger charge is 2.50. The Labute approximate surface area is 248 Å². The van der Waals surface area contributed by atoms with Crippen LogP contribution in [-0.2, 0) is 18.8 Å². The molecule has 0 bridgehead atoms. The summed E-state index contributed by atoms with van der Waals surface area (Å²) in [7, 11) is -4.06. The molecular formula is C29H36FN3O9P+. The summed E-state index contributed by atoms with van der Waals surface area (Å²) in [5.74, 6) is -1.34. The lowest BCUT2D eigenvalue weighted by molar-refractivity contribution is -0.149. The van der Waals surface area contributed by atoms with E-state index >= 15 is 0 Å². The molecule has 0 aliphatic carbocycles. The third kappa shape index (κ3) is 7.94. The molecule has 0 radical (unpaired) electrons. The zero-order valence-electron chi connectivity index (χ0n) is 24.4. The van der Waals surface area contributed by atoms with Crippen LogP contribution in [0.5, 0.6) is 5.75 Å². The monoisotopic (exact) mass is 620 g/mol. The molecule has 232 valence electrons. The van der Waals surface area contributed by atoms with Crippen molar-refractivity contribution in [1.82, 2.24) is 14.6 Å². The summed E-state index contributed by atoms with van der Waals surface area (Å²) in [6.45, 7) is 7.81. The largest absolute Gasteiger partial charge is 0.544 e. The van der Waals surface area contributed by atoms with Crippen molar-refractivity contribution < 1.29 is 37.7 Å². The van der Waals surface area contributed by atoms with E-state index in [-0.39, 0.29) is 18.2 Å². The number of carbonyl (C=O) groups excluding carboxylic acids is 1. The smallest absolute Gasteiger partial charge is 0.462 e. The summed E-state index contributed by atoms with van der Waals surface area (Å²) in [6.07, 6.45) is -2.16. The van der Waals surface area contributed by atoms with Gasteiger partial charge in [0.1, 0.15) is 30.8 Å². The number of benzene rings is 2. The summed E-state index contributed by atoms with van der Waals surface area (Å²) in [5.41, 5.74) is 0.782. The van der Waals surface area contributed by atoms with Crippen LogP contribution < -0.4 is 20.9 Å². The number of aliphatic hydroxyl groups excluding tert-OH is 1. The van der Waals surface area contributed by atoms with Gasteiger partial charge in [-0.1, -0.05) is 30.2 Å². The number of esters is 1. The second-order valence-corrected chi connectivity index (χ2v) is 12.4. The lowest BCUT2D eigenvalue weighted by atomic mass is 10.0. The maximum Gasteiger partial charge on any atom is 0.544 e. The Hall–Kier alpha value is -3.45. The summed E-state index contributed by atoms with van der Waals surface area (Å²) >= 11 is 0. The van der Waals surface area contributed by atoms with Crippen molar-refractivity contribution in [2.45, 2.75) is 65.2 Å². The van der Waals surface area contributed by atoms with Crippen molar-refractivity contribution in [2.24, 2.45) is 5.92 Å². The number of carbonyl (C=O) groups is 1. The van der Waals surface area contributed by atoms with E-state index in [2.05, 4.69) is 10.1 Å². The molecule has 6 atom stereocenters. The number of H-pyrrole nitrogens is 1. The topological polar surface area (TPSA) is 161 Å². The van der Waals surface area contributed by atoms with Crippen LogP contribution >= 0.6 is 8.09 Å². The summed E-state index contributed by atoms with van der Waals surface area (Å²) in [4.78, 5) is 49.9. The number of aliphatic hydroxyl groups is 1. The number of nitrogens with zero attached hydrogens (tertiary/aromatic N) is 1. The highest BCUT2D eigenvalue weighted by Crippen LogP contribution is 2.54. The molecule has 0 saturated carbocycles. The first-order chi connectivity index (χ1) is 20.3. The second kappa shape index (κ2) is 13.5. The van der Waals surface area contributed by atoms with E-state index in [0.717, 1.165) is 21.8 Å². The first-order valence-electron chi connectivity index (χ1n) is 13.7. The van der Waals surface area contributed by atoms with Crippen molar-refractivity contribution in [3.8, 4) is 16.9 Å². The molecule has 14 heteroatoms. The quantitative estimate of drug-likeness (QED) is 0.185. The highest BCUT2D eigenvalue weighted by atomic mass is 31.2. The molecular weight excluding hydrogens is 584 g/mol. The number of aryl methyl sites for hydroxylation is 1. The molecule has 1 saturated heterocycles. The Morgan fingerprint density at radius 3 is 2.44 bits per heavy atom. The number of hydrogen-bond donors (Lipinski definition) is 4. The lowest BCUT2D eigenvalue weighted by Gasteiger charge is -2.23. The standard InChI is InChI=1S/C29H35FN3O9P/c1-16(2)40-28(36)19(5)32-43(38,42-22-9-6-20(7-10-22)21-8-11-23(30)17(3)14-21)39-15-24-26(35)18(4)27(41-24)33-13-12-25(34)31-29(33)37/h6-14,16,18-19,24,26-27,32,35,38H,15H2,1-5H3/p+1/t18-,19-,24+,26-,27+,43?/m0/s1. The number of ether oxygens (including phenoxy) is 2. The van der Waals surface area contributed by atoms with Crippen molar-refractivity contribution in [1.29, 1.82) is 0 Å². The molecule has 2 aromatic carbocycles. The molecule has 2 heterocycles. The van der Waals surface area contributed by atoms with E-state index in [1.807, 2.05) is 0 Å². The number of hydrogen-bond acceptors (Lipinski definition) is 10. The molecule has 1 fully saturated rings. The molecule has 1 aliphatic rings. The van der Waals surface area contributed by atoms with Crippen molar-refractivity contribution >= 4 is 14.1 Å². The van der Waals surface area contributed by atoms with Crippen LogP contribution in [0.4, 0.5) is 4.39 Å². The van der Waals surface area contributed by atoms with Gasteiger partial charge in [0.05, 0.1) is 12.2 Å². The van der Waals surface area contributed by atoms with Gasteiger partial charge in [-0.2, -0.15) is 9.42 Å². The minimum atomic E-state index is -4.06. The Bertz CT molecular complexity index is 1550. The van der Waals surface area contributed by atoms with Crippen LogP contribution in [-0.4, -0.2) is 56.5 Å². The van der Waals surface area contributed by atoms with Crippen molar-refractivity contribution in [2.75, 3.05) is 6.61 Å². The SMILES string of the molecule is Cc1cc(-c2ccc(O[P+](O)(N[C@@H](C)C(=O)OC(C)C)OC[C@H]3O[C@@H](n4ccc(=O)[nH]c4=O)[C@@H](C)[C@@H]3O)cc2)ccc1F. The van der Waals surface area contributed by atoms with Gasteiger partial charge in [0, 0.05) is 18.2 Å². The van der Waals surface area contributed by atoms with Crippen molar-refractivity contribution in [3.05, 3.63) is 86.9 Å².